The number of carbonyl (C=O) groups is 3. The quantitative estimate of drug-likeness (QED) is 0.346. The number of urea groups is 1. The number of allylic oxidation sites excluding steroid dienone is 1. The van der Waals surface area contributed by atoms with Crippen LogP contribution in [0.2, 0.25) is 0 Å². The van der Waals surface area contributed by atoms with E-state index in [1.807, 2.05) is 61.5 Å². The van der Waals surface area contributed by atoms with Gasteiger partial charge in [0.05, 0.1) is 26.3 Å². The molecule has 3 fully saturated rings. The number of ether oxygens (including phenoxy) is 1. The average Bonchev–Trinajstić information content (AvgIpc) is 3.10. The Labute approximate surface area is 275 Å². The fourth-order valence-corrected chi connectivity index (χ4v) is 6.52. The molecule has 0 saturated carbocycles. The number of phenolic OH excluding ortho intramolecular Hbond substituents is 1. The van der Waals surface area contributed by atoms with Gasteiger partial charge in [0, 0.05) is 44.8 Å². The first-order valence-corrected chi connectivity index (χ1v) is 16.2. The van der Waals surface area contributed by atoms with Gasteiger partial charge in [0.2, 0.25) is 11.8 Å². The van der Waals surface area contributed by atoms with Gasteiger partial charge in [0.15, 0.2) is 0 Å². The van der Waals surface area contributed by atoms with E-state index < -0.39 is 12.2 Å². The summed E-state index contributed by atoms with van der Waals surface area (Å²) in [6, 6.07) is 23.4. The Hall–Kier alpha value is -4.87. The number of morpholine rings is 1. The third kappa shape index (κ3) is 7.42. The van der Waals surface area contributed by atoms with Crippen molar-refractivity contribution in [1.29, 1.82) is 0 Å². The van der Waals surface area contributed by atoms with Gasteiger partial charge in [-0.3, -0.25) is 9.59 Å². The van der Waals surface area contributed by atoms with E-state index in [9.17, 15) is 19.5 Å². The zero-order valence-electron chi connectivity index (χ0n) is 26.7. The number of piperazine rings is 1. The molecule has 0 bridgehead atoms. The highest BCUT2D eigenvalue weighted by Crippen LogP contribution is 2.30. The Kier molecular flexibility index (Phi) is 10.0. The summed E-state index contributed by atoms with van der Waals surface area (Å²) in [5, 5.41) is 16.3. The Morgan fingerprint density at radius 1 is 0.957 bits per heavy atom. The fourth-order valence-electron chi connectivity index (χ4n) is 6.52. The number of benzene rings is 3. The molecule has 0 aliphatic carbocycles. The molecule has 11 heteroatoms. The number of anilines is 1. The summed E-state index contributed by atoms with van der Waals surface area (Å²) < 4.78 is 5.53. The van der Waals surface area contributed by atoms with E-state index in [1.54, 1.807) is 44.1 Å². The van der Waals surface area contributed by atoms with E-state index in [4.69, 9.17) is 4.74 Å². The molecule has 246 valence electrons. The van der Waals surface area contributed by atoms with Crippen molar-refractivity contribution in [2.75, 3.05) is 50.8 Å². The van der Waals surface area contributed by atoms with Gasteiger partial charge < -0.3 is 29.9 Å². The molecule has 3 aromatic rings. The van der Waals surface area contributed by atoms with E-state index >= 15 is 0 Å². The summed E-state index contributed by atoms with van der Waals surface area (Å²) in [6.07, 6.45) is 3.33. The summed E-state index contributed by atoms with van der Waals surface area (Å²) in [4.78, 5) is 47.9. The van der Waals surface area contributed by atoms with Crippen LogP contribution in [0.25, 0.3) is 0 Å². The summed E-state index contributed by atoms with van der Waals surface area (Å²) >= 11 is 0. The van der Waals surface area contributed by atoms with Gasteiger partial charge in [-0.15, -0.1) is 0 Å². The Morgan fingerprint density at radius 2 is 1.70 bits per heavy atom. The highest BCUT2D eigenvalue weighted by Gasteiger charge is 2.51. The van der Waals surface area contributed by atoms with Gasteiger partial charge >= 0.3 is 6.03 Å². The van der Waals surface area contributed by atoms with Gasteiger partial charge in [0.1, 0.15) is 18.0 Å². The third-order valence-corrected chi connectivity index (χ3v) is 8.90. The van der Waals surface area contributed by atoms with Crippen LogP contribution < -0.4 is 10.2 Å². The topological polar surface area (TPSA) is 109 Å². The second kappa shape index (κ2) is 14.7. The largest absolute Gasteiger partial charge is 0.508 e. The molecule has 11 nitrogen and oxygen atoms in total. The summed E-state index contributed by atoms with van der Waals surface area (Å²) in [6.45, 7) is 5.98. The first-order valence-electron chi connectivity index (χ1n) is 16.2. The molecule has 0 unspecified atom stereocenters. The van der Waals surface area contributed by atoms with Crippen LogP contribution in [0.3, 0.4) is 0 Å². The normalized spacial score (nSPS) is 20.5. The molecule has 2 atom stereocenters. The van der Waals surface area contributed by atoms with E-state index in [-0.39, 0.29) is 43.1 Å². The van der Waals surface area contributed by atoms with E-state index in [1.165, 1.54) is 0 Å². The van der Waals surface area contributed by atoms with Crippen molar-refractivity contribution in [3.63, 3.8) is 0 Å². The lowest BCUT2D eigenvalue weighted by molar-refractivity contribution is -0.189. The molecule has 0 spiro atoms. The number of carbonyl (C=O) groups excluding carboxylic acids is 3. The van der Waals surface area contributed by atoms with Crippen molar-refractivity contribution in [2.45, 2.75) is 38.6 Å². The van der Waals surface area contributed by atoms with Gasteiger partial charge in [-0.25, -0.2) is 14.8 Å². The van der Waals surface area contributed by atoms with Crippen LogP contribution in [0.4, 0.5) is 10.5 Å². The van der Waals surface area contributed by atoms with Gasteiger partial charge in [-0.1, -0.05) is 66.7 Å². The molecular weight excluding hydrogens is 596 g/mol. The number of nitrogens with one attached hydrogen (secondary N) is 1. The van der Waals surface area contributed by atoms with Crippen LogP contribution in [0.1, 0.15) is 23.6 Å². The molecular formula is C36H42N6O5. The number of fused-ring (bicyclic) bond motifs is 1. The van der Waals surface area contributed by atoms with E-state index in [0.717, 1.165) is 35.5 Å². The molecule has 0 radical (unpaired) electrons. The maximum Gasteiger partial charge on any atom is 0.334 e. The smallest absolute Gasteiger partial charge is 0.334 e. The Balaban J connectivity index is 1.33. The van der Waals surface area contributed by atoms with Crippen molar-refractivity contribution in [3.05, 3.63) is 108 Å². The molecule has 2 N–H and O–H groups in total. The molecule has 4 amide bonds. The standard InChI is InChI=1S/C36H42N6O5/c1-2-3-16-40-26-34(44)41-32(22-27-12-14-31(43)15-13-27)35(45)39(24-29-10-7-11-30(21-29)38-17-19-47-20-18-38)25-33(41)42(40)36(46)37-23-28-8-5-4-6-9-28/h2-15,21,32-33,43H,16-20,22-26H2,1H3,(H,37,46)/b3-2+/t32-,33-/m0/s1. The monoisotopic (exact) mass is 638 g/mol. The molecule has 3 aliphatic rings. The minimum atomic E-state index is -0.832. The number of phenols is 1. The maximum atomic E-state index is 14.3. The highest BCUT2D eigenvalue weighted by molar-refractivity contribution is 5.91. The second-order valence-electron chi connectivity index (χ2n) is 12.1. The van der Waals surface area contributed by atoms with Crippen LogP contribution in [0.5, 0.6) is 5.75 Å². The number of nitrogens with zero attached hydrogens (tertiary/aromatic N) is 5. The van der Waals surface area contributed by atoms with Crippen LogP contribution in [-0.2, 0) is 33.8 Å². The highest BCUT2D eigenvalue weighted by atomic mass is 16.5. The number of amides is 4. The minimum absolute atomic E-state index is 0.0411. The van der Waals surface area contributed by atoms with Crippen LogP contribution >= 0.6 is 0 Å². The molecule has 3 aliphatic heterocycles. The number of hydrazine groups is 1. The lowest BCUT2D eigenvalue weighted by atomic mass is 9.98. The molecule has 0 aromatic heterocycles. The number of aromatic hydroxyl groups is 1. The maximum absolute atomic E-state index is 14.3. The SMILES string of the molecule is C/C=C/CN1CC(=O)N2[C@@H](Cc3ccc(O)cc3)C(=O)N(Cc3cccc(N4CCOCC4)c3)C[C@@H]2N1C(=O)NCc1ccccc1. The van der Waals surface area contributed by atoms with E-state index in [0.29, 0.717) is 32.8 Å². The second-order valence-corrected chi connectivity index (χ2v) is 12.1. The zero-order chi connectivity index (χ0) is 32.8. The summed E-state index contributed by atoms with van der Waals surface area (Å²) in [7, 11) is 0. The number of rotatable bonds is 9. The predicted molar refractivity (Wildman–Crippen MR) is 178 cm³/mol. The van der Waals surface area contributed by atoms with Gasteiger partial charge in [-0.2, -0.15) is 0 Å². The minimum Gasteiger partial charge on any atom is -0.508 e. The summed E-state index contributed by atoms with van der Waals surface area (Å²) in [5.74, 6) is -0.262. The molecule has 3 heterocycles. The first kappa shape index (κ1) is 32.1. The van der Waals surface area contributed by atoms with Crippen LogP contribution in [0.15, 0.2) is 91.0 Å². The van der Waals surface area contributed by atoms with Gasteiger partial charge in [0.25, 0.3) is 0 Å². The Morgan fingerprint density at radius 3 is 2.45 bits per heavy atom. The predicted octanol–water partition coefficient (Wildman–Crippen LogP) is 3.36. The van der Waals surface area contributed by atoms with Crippen molar-refractivity contribution in [1.82, 2.24) is 25.1 Å². The average molecular weight is 639 g/mol. The van der Waals surface area contributed by atoms with Crippen molar-refractivity contribution in [2.24, 2.45) is 0 Å². The molecule has 3 saturated heterocycles. The van der Waals surface area contributed by atoms with E-state index in [2.05, 4.69) is 22.3 Å². The summed E-state index contributed by atoms with van der Waals surface area (Å²) in [5.41, 5.74) is 3.80. The lowest BCUT2D eigenvalue weighted by Crippen LogP contribution is -2.76. The lowest BCUT2D eigenvalue weighted by Gasteiger charge is -2.55. The zero-order valence-corrected chi connectivity index (χ0v) is 26.7. The Bertz CT molecular complexity index is 1580. The van der Waals surface area contributed by atoms with Crippen molar-refractivity contribution < 1.29 is 24.2 Å². The first-order chi connectivity index (χ1) is 22.9. The van der Waals surface area contributed by atoms with Crippen molar-refractivity contribution >= 4 is 23.5 Å². The molecule has 47 heavy (non-hydrogen) atoms. The fraction of sp³-hybridized carbons (Fsp3) is 0.361. The van der Waals surface area contributed by atoms with Crippen molar-refractivity contribution in [3.8, 4) is 5.75 Å². The van der Waals surface area contributed by atoms with Gasteiger partial charge in [-0.05, 0) is 47.9 Å². The van der Waals surface area contributed by atoms with Crippen LogP contribution in [0, 0.1) is 0 Å². The molecule has 6 rings (SSSR count). The number of hydrogen-bond acceptors (Lipinski definition) is 7. The van der Waals surface area contributed by atoms with Crippen LogP contribution in [-0.4, -0.2) is 101 Å². The number of hydrogen-bond donors (Lipinski definition) is 2. The third-order valence-electron chi connectivity index (χ3n) is 8.90. The molecule has 3 aromatic carbocycles.